The van der Waals surface area contributed by atoms with Crippen molar-refractivity contribution >= 4 is 11.6 Å². The van der Waals surface area contributed by atoms with E-state index in [1.165, 1.54) is 5.56 Å². The quantitative estimate of drug-likeness (QED) is 0.868. The summed E-state index contributed by atoms with van der Waals surface area (Å²) in [7, 11) is 0. The van der Waals surface area contributed by atoms with E-state index in [-0.39, 0.29) is 5.91 Å². The Kier molecular flexibility index (Phi) is 6.36. The topological polar surface area (TPSA) is 48.5 Å². The van der Waals surface area contributed by atoms with Crippen LogP contribution in [0.2, 0.25) is 0 Å². The standard InChI is InChI=1S/C21H28N4O/c1-17(2)18-6-5-8-19(14-18)23-21(26)16-25-12-10-24(11-13-25)15-20-7-3-4-9-22-20/h3-9,14,17H,10-13,15-16H2,1-2H3,(H,23,26). The molecule has 2 heterocycles. The second-order valence-electron chi connectivity index (χ2n) is 7.20. The molecule has 0 aliphatic carbocycles. The largest absolute Gasteiger partial charge is 0.325 e. The van der Waals surface area contributed by atoms with Gasteiger partial charge in [-0.3, -0.25) is 19.6 Å². The number of hydrogen-bond donors (Lipinski definition) is 1. The highest BCUT2D eigenvalue weighted by molar-refractivity contribution is 5.92. The Bertz CT molecular complexity index is 709. The highest BCUT2D eigenvalue weighted by atomic mass is 16.2. The molecule has 0 unspecified atom stereocenters. The van der Waals surface area contributed by atoms with E-state index in [4.69, 9.17) is 0 Å². The molecule has 3 rings (SSSR count). The number of amides is 1. The zero-order valence-corrected chi connectivity index (χ0v) is 15.7. The van der Waals surface area contributed by atoms with Crippen molar-refractivity contribution in [3.05, 3.63) is 59.9 Å². The third kappa shape index (κ3) is 5.38. The van der Waals surface area contributed by atoms with E-state index in [1.54, 1.807) is 0 Å². The molecule has 1 aromatic carbocycles. The van der Waals surface area contributed by atoms with E-state index in [1.807, 2.05) is 30.5 Å². The Morgan fingerprint density at radius 1 is 1.08 bits per heavy atom. The molecular formula is C21H28N4O. The maximum absolute atomic E-state index is 12.4. The fourth-order valence-corrected chi connectivity index (χ4v) is 3.21. The second-order valence-corrected chi connectivity index (χ2v) is 7.20. The summed E-state index contributed by atoms with van der Waals surface area (Å²) in [6.07, 6.45) is 1.84. The maximum atomic E-state index is 12.4. The molecule has 138 valence electrons. The zero-order valence-electron chi connectivity index (χ0n) is 15.7. The molecule has 2 aromatic rings. The molecule has 0 radical (unpaired) electrons. The Morgan fingerprint density at radius 3 is 2.54 bits per heavy atom. The lowest BCUT2D eigenvalue weighted by Gasteiger charge is -2.34. The van der Waals surface area contributed by atoms with Gasteiger partial charge in [0.2, 0.25) is 5.91 Å². The van der Waals surface area contributed by atoms with Gasteiger partial charge in [-0.25, -0.2) is 0 Å². The van der Waals surface area contributed by atoms with Gasteiger partial charge in [0.15, 0.2) is 0 Å². The lowest BCUT2D eigenvalue weighted by molar-refractivity contribution is -0.117. The molecule has 0 spiro atoms. The molecule has 1 aromatic heterocycles. The number of carbonyl (C=O) groups excluding carboxylic acids is 1. The predicted molar refractivity (Wildman–Crippen MR) is 105 cm³/mol. The molecule has 0 bridgehead atoms. The van der Waals surface area contributed by atoms with Crippen LogP contribution in [0, 0.1) is 0 Å². The molecule has 0 atom stereocenters. The summed E-state index contributed by atoms with van der Waals surface area (Å²) < 4.78 is 0. The normalized spacial score (nSPS) is 16.0. The van der Waals surface area contributed by atoms with Gasteiger partial charge in [0.1, 0.15) is 0 Å². The average Bonchev–Trinajstić information content (AvgIpc) is 2.64. The smallest absolute Gasteiger partial charge is 0.238 e. The number of carbonyl (C=O) groups is 1. The van der Waals surface area contributed by atoms with Crippen molar-refractivity contribution in [3.63, 3.8) is 0 Å². The molecule has 1 aliphatic heterocycles. The van der Waals surface area contributed by atoms with Crippen LogP contribution in [0.3, 0.4) is 0 Å². The number of aromatic nitrogens is 1. The number of anilines is 1. The molecular weight excluding hydrogens is 324 g/mol. The molecule has 1 N–H and O–H groups in total. The van der Waals surface area contributed by atoms with Crippen LogP contribution in [-0.4, -0.2) is 53.4 Å². The molecule has 1 saturated heterocycles. The number of pyridine rings is 1. The van der Waals surface area contributed by atoms with Crippen LogP contribution in [0.5, 0.6) is 0 Å². The van der Waals surface area contributed by atoms with Crippen molar-refractivity contribution in [3.8, 4) is 0 Å². The first-order chi connectivity index (χ1) is 12.6. The van der Waals surface area contributed by atoms with Crippen molar-refractivity contribution in [1.82, 2.24) is 14.8 Å². The van der Waals surface area contributed by atoms with Gasteiger partial charge in [0, 0.05) is 44.6 Å². The monoisotopic (exact) mass is 352 g/mol. The van der Waals surface area contributed by atoms with Crippen LogP contribution < -0.4 is 5.32 Å². The van der Waals surface area contributed by atoms with Crippen molar-refractivity contribution in [2.75, 3.05) is 38.0 Å². The summed E-state index contributed by atoms with van der Waals surface area (Å²) in [6, 6.07) is 14.1. The average molecular weight is 352 g/mol. The van der Waals surface area contributed by atoms with E-state index >= 15 is 0 Å². The van der Waals surface area contributed by atoms with E-state index in [0.29, 0.717) is 12.5 Å². The van der Waals surface area contributed by atoms with E-state index < -0.39 is 0 Å². The third-order valence-corrected chi connectivity index (χ3v) is 4.78. The first kappa shape index (κ1) is 18.5. The minimum Gasteiger partial charge on any atom is -0.325 e. The second kappa shape index (κ2) is 8.92. The van der Waals surface area contributed by atoms with Crippen LogP contribution in [0.1, 0.15) is 31.0 Å². The van der Waals surface area contributed by atoms with Crippen LogP contribution in [-0.2, 0) is 11.3 Å². The maximum Gasteiger partial charge on any atom is 0.238 e. The Hall–Kier alpha value is -2.24. The molecule has 5 nitrogen and oxygen atoms in total. The summed E-state index contributed by atoms with van der Waals surface area (Å²) in [5, 5.41) is 3.03. The number of nitrogens with zero attached hydrogens (tertiary/aromatic N) is 3. The predicted octanol–water partition coefficient (Wildman–Crippen LogP) is 2.96. The number of piperazine rings is 1. The van der Waals surface area contributed by atoms with Gasteiger partial charge in [-0.2, -0.15) is 0 Å². The first-order valence-corrected chi connectivity index (χ1v) is 9.34. The lowest BCUT2D eigenvalue weighted by atomic mass is 10.0. The Morgan fingerprint density at radius 2 is 1.85 bits per heavy atom. The Balaban J connectivity index is 1.44. The van der Waals surface area contributed by atoms with Crippen LogP contribution in [0.25, 0.3) is 0 Å². The SMILES string of the molecule is CC(C)c1cccc(NC(=O)CN2CCN(Cc3ccccn3)CC2)c1. The summed E-state index contributed by atoms with van der Waals surface area (Å²) in [5.74, 6) is 0.517. The summed E-state index contributed by atoms with van der Waals surface area (Å²) >= 11 is 0. The lowest BCUT2D eigenvalue weighted by Crippen LogP contribution is -2.48. The number of nitrogens with one attached hydrogen (secondary N) is 1. The molecule has 1 amide bonds. The number of benzene rings is 1. The van der Waals surface area contributed by atoms with Gasteiger partial charge in [0.05, 0.1) is 12.2 Å². The van der Waals surface area contributed by atoms with Gasteiger partial charge >= 0.3 is 0 Å². The minimum absolute atomic E-state index is 0.0593. The summed E-state index contributed by atoms with van der Waals surface area (Å²) in [4.78, 5) is 21.4. The third-order valence-electron chi connectivity index (χ3n) is 4.78. The first-order valence-electron chi connectivity index (χ1n) is 9.34. The molecule has 26 heavy (non-hydrogen) atoms. The van der Waals surface area contributed by atoms with Crippen molar-refractivity contribution < 1.29 is 4.79 Å². The number of rotatable bonds is 6. The summed E-state index contributed by atoms with van der Waals surface area (Å²) in [5.41, 5.74) is 3.23. The minimum atomic E-state index is 0.0593. The van der Waals surface area contributed by atoms with E-state index in [0.717, 1.165) is 44.1 Å². The molecule has 1 fully saturated rings. The molecule has 0 saturated carbocycles. The van der Waals surface area contributed by atoms with Gasteiger partial charge in [-0.15, -0.1) is 0 Å². The van der Waals surface area contributed by atoms with Gasteiger partial charge in [-0.1, -0.05) is 32.0 Å². The van der Waals surface area contributed by atoms with E-state index in [9.17, 15) is 4.79 Å². The highest BCUT2D eigenvalue weighted by Crippen LogP contribution is 2.18. The number of hydrogen-bond acceptors (Lipinski definition) is 4. The van der Waals surface area contributed by atoms with Gasteiger partial charge < -0.3 is 5.32 Å². The van der Waals surface area contributed by atoms with Crippen molar-refractivity contribution in [1.29, 1.82) is 0 Å². The summed E-state index contributed by atoms with van der Waals surface area (Å²) in [6.45, 7) is 9.39. The van der Waals surface area contributed by atoms with Gasteiger partial charge in [-0.05, 0) is 35.7 Å². The molecule has 5 heteroatoms. The van der Waals surface area contributed by atoms with E-state index in [2.05, 4.69) is 52.1 Å². The van der Waals surface area contributed by atoms with Crippen LogP contribution in [0.15, 0.2) is 48.7 Å². The van der Waals surface area contributed by atoms with Gasteiger partial charge in [0.25, 0.3) is 0 Å². The van der Waals surface area contributed by atoms with Crippen LogP contribution >= 0.6 is 0 Å². The Labute approximate surface area is 156 Å². The molecule has 1 aliphatic rings. The highest BCUT2D eigenvalue weighted by Gasteiger charge is 2.19. The zero-order chi connectivity index (χ0) is 18.4. The fraction of sp³-hybridized carbons (Fsp3) is 0.429. The van der Waals surface area contributed by atoms with Crippen LogP contribution in [0.4, 0.5) is 5.69 Å². The van der Waals surface area contributed by atoms with Crippen molar-refractivity contribution in [2.45, 2.75) is 26.3 Å². The fourth-order valence-electron chi connectivity index (χ4n) is 3.21. The van der Waals surface area contributed by atoms with Crippen molar-refractivity contribution in [2.24, 2.45) is 0 Å².